The maximum atomic E-state index is 4.05. The minimum Gasteiger partial charge on any atom is -0.371 e. The van der Waals surface area contributed by atoms with E-state index in [1.807, 2.05) is 23.1 Å². The van der Waals surface area contributed by atoms with Gasteiger partial charge in [-0.2, -0.15) is 0 Å². The van der Waals surface area contributed by atoms with Crippen molar-refractivity contribution in [1.29, 1.82) is 0 Å². The smallest absolute Gasteiger partial charge is 0.197 e. The van der Waals surface area contributed by atoms with Crippen molar-refractivity contribution >= 4 is 84.2 Å². The molecule has 2 atom stereocenters. The summed E-state index contributed by atoms with van der Waals surface area (Å²) in [6.45, 7) is 0. The van der Waals surface area contributed by atoms with Crippen LogP contribution in [-0.4, -0.2) is 12.7 Å². The first-order chi connectivity index (χ1) is 27.3. The van der Waals surface area contributed by atoms with Gasteiger partial charge in [0.15, 0.2) is 7.28 Å². The van der Waals surface area contributed by atoms with Crippen LogP contribution in [0.4, 0.5) is 22.7 Å². The molecule has 0 aliphatic carbocycles. The minimum absolute atomic E-state index is 0.285. The van der Waals surface area contributed by atoms with Gasteiger partial charge in [-0.05, 0) is 80.8 Å². The van der Waals surface area contributed by atoms with Crippen LogP contribution in [0.1, 0.15) is 17.0 Å². The maximum Gasteiger partial charge on any atom is 0.197 e. The van der Waals surface area contributed by atoms with Crippen LogP contribution in [0.3, 0.4) is 0 Å². The predicted octanol–water partition coefficient (Wildman–Crippen LogP) is 12.5. The Morgan fingerprint density at radius 2 is 1.24 bits per heavy atom. The van der Waals surface area contributed by atoms with Gasteiger partial charge in [-0.3, -0.25) is 0 Å². The van der Waals surface area contributed by atoms with E-state index in [-0.39, 0.29) is 5.37 Å². The first-order valence-electron chi connectivity index (χ1n) is 18.9. The second-order valence-electron chi connectivity index (χ2n) is 14.7. The number of benzene rings is 8. The minimum atomic E-state index is 0.285. The zero-order valence-electron chi connectivity index (χ0n) is 29.7. The molecule has 1 radical (unpaired) electrons. The molecule has 1 aromatic heterocycles. The Morgan fingerprint density at radius 1 is 0.545 bits per heavy atom. The van der Waals surface area contributed by atoms with Gasteiger partial charge in [-0.1, -0.05) is 145 Å². The van der Waals surface area contributed by atoms with Crippen molar-refractivity contribution in [2.45, 2.75) is 16.2 Å². The molecule has 0 bridgehead atoms. The van der Waals surface area contributed by atoms with Gasteiger partial charge in [-0.15, -0.1) is 23.1 Å². The first-order valence-corrected chi connectivity index (χ1v) is 20.6. The number of hydrogen-bond donors (Lipinski definition) is 1. The fraction of sp³-hybridized carbons (Fsp3) is 0.0400. The molecule has 257 valence electrons. The van der Waals surface area contributed by atoms with E-state index >= 15 is 0 Å². The highest BCUT2D eigenvalue weighted by atomic mass is 32.2. The molecule has 1 N–H and O–H groups in total. The Hall–Kier alpha value is -6.01. The van der Waals surface area contributed by atoms with Gasteiger partial charge in [0.1, 0.15) is 0 Å². The zero-order valence-corrected chi connectivity index (χ0v) is 31.4. The normalized spacial score (nSPS) is 16.2. The lowest BCUT2D eigenvalue weighted by Crippen LogP contribution is -2.41. The quantitative estimate of drug-likeness (QED) is 0.181. The molecular formula is C50H32BN2S2. The number of para-hydroxylation sites is 1. The van der Waals surface area contributed by atoms with E-state index in [1.54, 1.807) is 0 Å². The third-order valence-electron chi connectivity index (χ3n) is 11.6. The number of nitrogens with zero attached hydrogens (tertiary/aromatic N) is 1. The molecule has 9 aromatic rings. The number of nitrogens with one attached hydrogen (secondary N) is 1. The van der Waals surface area contributed by atoms with Crippen molar-refractivity contribution < 1.29 is 0 Å². The number of anilines is 4. The van der Waals surface area contributed by atoms with Gasteiger partial charge in [0.05, 0.1) is 15.8 Å². The van der Waals surface area contributed by atoms with Gasteiger partial charge in [0.2, 0.25) is 0 Å². The first kappa shape index (κ1) is 31.4. The van der Waals surface area contributed by atoms with E-state index in [2.05, 4.69) is 193 Å². The Labute approximate surface area is 329 Å². The monoisotopic (exact) mass is 735 g/mol. The van der Waals surface area contributed by atoms with Crippen molar-refractivity contribution in [3.63, 3.8) is 0 Å². The lowest BCUT2D eigenvalue weighted by Gasteiger charge is -2.36. The topological polar surface area (TPSA) is 15.3 Å². The number of fused-ring (bicyclic) bond motifs is 11. The summed E-state index contributed by atoms with van der Waals surface area (Å²) in [5.41, 5.74) is 17.5. The Balaban J connectivity index is 1.12. The summed E-state index contributed by atoms with van der Waals surface area (Å²) in [5, 5.41) is 6.94. The number of hydrogen-bond acceptors (Lipinski definition) is 4. The largest absolute Gasteiger partial charge is 0.371 e. The molecule has 0 spiro atoms. The molecule has 55 heavy (non-hydrogen) atoms. The molecule has 3 aliphatic rings. The Morgan fingerprint density at radius 3 is 2.07 bits per heavy atom. The molecule has 0 saturated carbocycles. The summed E-state index contributed by atoms with van der Waals surface area (Å²) in [6, 6.07) is 64.8. The van der Waals surface area contributed by atoms with E-state index in [0.29, 0.717) is 5.92 Å². The van der Waals surface area contributed by atoms with Crippen LogP contribution < -0.4 is 21.1 Å². The zero-order chi connectivity index (χ0) is 36.0. The Bertz CT molecular complexity index is 2970. The van der Waals surface area contributed by atoms with E-state index < -0.39 is 0 Å². The molecular weight excluding hydrogens is 704 g/mol. The van der Waals surface area contributed by atoms with Gasteiger partial charge in [0, 0.05) is 48.9 Å². The summed E-state index contributed by atoms with van der Waals surface area (Å²) < 4.78 is 2.61. The number of rotatable bonds is 4. The Kier molecular flexibility index (Phi) is 6.99. The van der Waals surface area contributed by atoms with Crippen LogP contribution in [0.5, 0.6) is 0 Å². The van der Waals surface area contributed by atoms with E-state index in [1.165, 1.54) is 97.6 Å². The second kappa shape index (κ2) is 12.3. The molecule has 12 rings (SSSR count). The summed E-state index contributed by atoms with van der Waals surface area (Å²) in [5.74, 6) is 0.329. The van der Waals surface area contributed by atoms with Crippen molar-refractivity contribution in [2.75, 3.05) is 10.2 Å². The van der Waals surface area contributed by atoms with Gasteiger partial charge in [-0.25, -0.2) is 0 Å². The van der Waals surface area contributed by atoms with Gasteiger partial charge >= 0.3 is 0 Å². The fourth-order valence-electron chi connectivity index (χ4n) is 9.12. The highest BCUT2D eigenvalue weighted by Gasteiger charge is 2.42. The van der Waals surface area contributed by atoms with Crippen LogP contribution >= 0.6 is 23.1 Å². The van der Waals surface area contributed by atoms with Crippen LogP contribution in [0.25, 0.3) is 53.6 Å². The molecule has 0 amide bonds. The van der Waals surface area contributed by atoms with Crippen molar-refractivity contribution in [3.05, 3.63) is 187 Å². The SMILES string of the molecule is [B]1c2cc(-c3ccccc3)ccc2N(c2ccc(-c3ccccc3)cc2)c2c1c(-c1cccc3c1NC1Sc4ccccc4C31)cc1c2sc2ccccc21. The van der Waals surface area contributed by atoms with Crippen molar-refractivity contribution in [1.82, 2.24) is 0 Å². The molecule has 4 heterocycles. The van der Waals surface area contributed by atoms with Crippen LogP contribution in [0.2, 0.25) is 0 Å². The second-order valence-corrected chi connectivity index (χ2v) is 16.9. The molecule has 3 aliphatic heterocycles. The summed E-state index contributed by atoms with van der Waals surface area (Å²) in [6.07, 6.45) is 0. The van der Waals surface area contributed by atoms with Crippen LogP contribution in [0.15, 0.2) is 181 Å². The average Bonchev–Trinajstić information content (AvgIpc) is 3.93. The average molecular weight is 736 g/mol. The van der Waals surface area contributed by atoms with E-state index in [9.17, 15) is 0 Å². The van der Waals surface area contributed by atoms with Gasteiger partial charge < -0.3 is 10.2 Å². The fourth-order valence-corrected chi connectivity index (χ4v) is 11.7. The van der Waals surface area contributed by atoms with Crippen molar-refractivity contribution in [3.8, 4) is 33.4 Å². The molecule has 2 unspecified atom stereocenters. The highest BCUT2D eigenvalue weighted by Crippen LogP contribution is 2.57. The van der Waals surface area contributed by atoms with Crippen LogP contribution in [0, 0.1) is 0 Å². The summed E-state index contributed by atoms with van der Waals surface area (Å²) in [7, 11) is 2.46. The molecule has 0 saturated heterocycles. The van der Waals surface area contributed by atoms with Crippen molar-refractivity contribution in [2.24, 2.45) is 0 Å². The summed E-state index contributed by atoms with van der Waals surface area (Å²) in [4.78, 5) is 3.92. The third kappa shape index (κ3) is 4.83. The third-order valence-corrected chi connectivity index (χ3v) is 14.1. The molecule has 8 aromatic carbocycles. The van der Waals surface area contributed by atoms with E-state index in [4.69, 9.17) is 0 Å². The van der Waals surface area contributed by atoms with Crippen LogP contribution in [-0.2, 0) is 0 Å². The lowest BCUT2D eigenvalue weighted by molar-refractivity contribution is 0.869. The van der Waals surface area contributed by atoms with Gasteiger partial charge in [0.25, 0.3) is 0 Å². The van der Waals surface area contributed by atoms with E-state index in [0.717, 1.165) is 5.69 Å². The molecule has 0 fully saturated rings. The molecule has 5 heteroatoms. The lowest BCUT2D eigenvalue weighted by atomic mass is 9.57. The predicted molar refractivity (Wildman–Crippen MR) is 237 cm³/mol. The highest BCUT2D eigenvalue weighted by molar-refractivity contribution is 8.00. The molecule has 2 nitrogen and oxygen atoms in total. The standard InChI is InChI=1S/C50H32BN2S2/c1-3-12-30(13-4-1)32-22-25-34(26-23-32)53-42-27-24-33(31-14-5-2-6-15-31)28-41(42)51-46-39(29-40-35-16-7-9-20-43(35)54-49(40)48(46)53)36-18-11-19-38-45-37-17-8-10-21-44(37)55-50(45)52-47(36)38/h1-29,45,50,52H. The number of thiophene rings is 1. The summed E-state index contributed by atoms with van der Waals surface area (Å²) >= 11 is 3.87. The number of thioether (sulfide) groups is 1. The maximum absolute atomic E-state index is 4.05.